The lowest BCUT2D eigenvalue weighted by Crippen LogP contribution is -2.46. The Kier molecular flexibility index (Phi) is 11.7. The molecule has 0 radical (unpaired) electrons. The molecule has 8 heteroatoms. The Morgan fingerprint density at radius 2 is 1.84 bits per heavy atom. The lowest BCUT2D eigenvalue weighted by Gasteiger charge is -2.32. The quantitative estimate of drug-likeness (QED) is 0.292. The van der Waals surface area contributed by atoms with Crippen LogP contribution < -0.4 is 14.8 Å². The van der Waals surface area contributed by atoms with Gasteiger partial charge in [0.15, 0.2) is 17.5 Å². The van der Waals surface area contributed by atoms with E-state index in [1.54, 1.807) is 0 Å². The number of nitrogens with zero attached hydrogens (tertiary/aromatic N) is 3. The highest BCUT2D eigenvalue weighted by atomic mass is 127. The van der Waals surface area contributed by atoms with Crippen LogP contribution in [0.4, 0.5) is 0 Å². The van der Waals surface area contributed by atoms with Crippen LogP contribution >= 0.6 is 24.0 Å². The van der Waals surface area contributed by atoms with Crippen molar-refractivity contribution in [3.8, 4) is 11.5 Å². The smallest absolute Gasteiger partial charge is 0.193 e. The maximum absolute atomic E-state index is 5.75. The summed E-state index contributed by atoms with van der Waals surface area (Å²) in [7, 11) is 0. The molecule has 7 nitrogen and oxygen atoms in total. The molecule has 0 amide bonds. The number of guanidine groups is 1. The fraction of sp³-hybridized carbons (Fsp3) is 0.696. The molecule has 2 saturated heterocycles. The number of hydrogen-bond donors (Lipinski definition) is 1. The van der Waals surface area contributed by atoms with Crippen LogP contribution in [0.2, 0.25) is 0 Å². The summed E-state index contributed by atoms with van der Waals surface area (Å²) < 4.78 is 16.9. The zero-order chi connectivity index (χ0) is 21.2. The summed E-state index contributed by atoms with van der Waals surface area (Å²) in [4.78, 5) is 9.90. The van der Waals surface area contributed by atoms with Crippen molar-refractivity contribution in [2.75, 3.05) is 65.7 Å². The van der Waals surface area contributed by atoms with Gasteiger partial charge in [0.1, 0.15) is 0 Å². The second-order valence-corrected chi connectivity index (χ2v) is 7.67. The number of nitrogens with one attached hydrogen (secondary N) is 1. The van der Waals surface area contributed by atoms with E-state index in [0.717, 1.165) is 76.4 Å². The largest absolute Gasteiger partial charge is 0.490 e. The van der Waals surface area contributed by atoms with Crippen molar-refractivity contribution in [1.82, 2.24) is 15.1 Å². The molecule has 1 atom stereocenters. The highest BCUT2D eigenvalue weighted by molar-refractivity contribution is 14.0. The van der Waals surface area contributed by atoms with E-state index in [0.29, 0.717) is 19.3 Å². The molecule has 1 N–H and O–H groups in total. The van der Waals surface area contributed by atoms with Gasteiger partial charge >= 0.3 is 0 Å². The minimum atomic E-state index is 0. The number of likely N-dealkylation sites (tertiary alicyclic amines) is 1. The molecule has 2 aliphatic rings. The van der Waals surface area contributed by atoms with Crippen LogP contribution in [0.25, 0.3) is 0 Å². The molecule has 3 rings (SSSR count). The Labute approximate surface area is 204 Å². The lowest BCUT2D eigenvalue weighted by molar-refractivity contribution is 0.0195. The zero-order valence-electron chi connectivity index (χ0n) is 19.3. The number of benzene rings is 1. The molecule has 0 aliphatic carbocycles. The van der Waals surface area contributed by atoms with Gasteiger partial charge in [-0.1, -0.05) is 6.07 Å². The first-order chi connectivity index (χ1) is 14.7. The number of ether oxygens (including phenoxy) is 3. The predicted octanol–water partition coefficient (Wildman–Crippen LogP) is 3.02. The molecule has 2 heterocycles. The fourth-order valence-electron chi connectivity index (χ4n) is 4.14. The van der Waals surface area contributed by atoms with Crippen LogP contribution in [0.1, 0.15) is 32.8 Å². The molecule has 1 unspecified atom stereocenters. The average Bonchev–Trinajstić information content (AvgIpc) is 3.26. The van der Waals surface area contributed by atoms with Crippen molar-refractivity contribution in [2.24, 2.45) is 4.99 Å². The van der Waals surface area contributed by atoms with Crippen LogP contribution in [-0.2, 0) is 11.2 Å². The molecular weight excluding hydrogens is 507 g/mol. The number of aliphatic imine (C=N–C) groups is 1. The number of rotatable bonds is 9. The molecule has 31 heavy (non-hydrogen) atoms. The molecule has 0 saturated carbocycles. The fourth-order valence-corrected chi connectivity index (χ4v) is 4.14. The van der Waals surface area contributed by atoms with E-state index in [1.807, 2.05) is 19.9 Å². The van der Waals surface area contributed by atoms with Crippen LogP contribution in [0.5, 0.6) is 11.5 Å². The predicted molar refractivity (Wildman–Crippen MR) is 136 cm³/mol. The number of morpholine rings is 1. The van der Waals surface area contributed by atoms with Gasteiger partial charge in [-0.3, -0.25) is 9.89 Å². The minimum absolute atomic E-state index is 0. The summed E-state index contributed by atoms with van der Waals surface area (Å²) in [5, 5.41) is 3.48. The normalized spacial score (nSPS) is 19.8. The maximum atomic E-state index is 5.75. The summed E-state index contributed by atoms with van der Waals surface area (Å²) in [6.07, 6.45) is 2.07. The highest BCUT2D eigenvalue weighted by Gasteiger charge is 2.30. The number of halogens is 1. The van der Waals surface area contributed by atoms with E-state index >= 15 is 0 Å². The van der Waals surface area contributed by atoms with Crippen molar-refractivity contribution in [2.45, 2.75) is 39.7 Å². The Hall–Kier alpha value is -1.26. The van der Waals surface area contributed by atoms with Crippen molar-refractivity contribution in [1.29, 1.82) is 0 Å². The summed E-state index contributed by atoms with van der Waals surface area (Å²) >= 11 is 0. The van der Waals surface area contributed by atoms with Crippen LogP contribution in [0, 0.1) is 0 Å². The number of hydrogen-bond acceptors (Lipinski definition) is 5. The van der Waals surface area contributed by atoms with E-state index in [9.17, 15) is 0 Å². The van der Waals surface area contributed by atoms with Crippen LogP contribution in [-0.4, -0.2) is 87.5 Å². The van der Waals surface area contributed by atoms with E-state index in [2.05, 4.69) is 34.2 Å². The second kappa shape index (κ2) is 14.0. The summed E-state index contributed by atoms with van der Waals surface area (Å²) in [5.74, 6) is 2.66. The first kappa shape index (κ1) is 26.0. The van der Waals surface area contributed by atoms with Gasteiger partial charge in [-0.2, -0.15) is 0 Å². The molecule has 176 valence electrons. The van der Waals surface area contributed by atoms with Gasteiger partial charge in [0, 0.05) is 45.3 Å². The van der Waals surface area contributed by atoms with Crippen molar-refractivity contribution in [3.05, 3.63) is 23.8 Å². The van der Waals surface area contributed by atoms with E-state index in [-0.39, 0.29) is 24.0 Å². The lowest BCUT2D eigenvalue weighted by atomic mass is 10.1. The maximum Gasteiger partial charge on any atom is 0.193 e. The van der Waals surface area contributed by atoms with E-state index in [1.165, 1.54) is 12.0 Å². The first-order valence-corrected chi connectivity index (χ1v) is 11.5. The van der Waals surface area contributed by atoms with Gasteiger partial charge in [-0.15, -0.1) is 24.0 Å². The van der Waals surface area contributed by atoms with Crippen LogP contribution in [0.15, 0.2) is 23.2 Å². The van der Waals surface area contributed by atoms with Gasteiger partial charge in [-0.25, -0.2) is 0 Å². The van der Waals surface area contributed by atoms with E-state index in [4.69, 9.17) is 19.2 Å². The van der Waals surface area contributed by atoms with Gasteiger partial charge in [-0.05, 0) is 51.3 Å². The third kappa shape index (κ3) is 7.68. The molecule has 2 fully saturated rings. The van der Waals surface area contributed by atoms with Gasteiger partial charge in [0.05, 0.1) is 26.4 Å². The molecule has 1 aromatic carbocycles. The first-order valence-electron chi connectivity index (χ1n) is 11.5. The Morgan fingerprint density at radius 3 is 2.55 bits per heavy atom. The molecular formula is C23H39IN4O3. The highest BCUT2D eigenvalue weighted by Crippen LogP contribution is 2.28. The Balaban J connectivity index is 0.00000341. The monoisotopic (exact) mass is 546 g/mol. The van der Waals surface area contributed by atoms with Crippen molar-refractivity contribution >= 4 is 29.9 Å². The minimum Gasteiger partial charge on any atom is -0.490 e. The van der Waals surface area contributed by atoms with Gasteiger partial charge in [0.25, 0.3) is 0 Å². The molecule has 0 aromatic heterocycles. The van der Waals surface area contributed by atoms with E-state index < -0.39 is 0 Å². The SMILES string of the molecule is CCNC(=NCCc1ccc(OCC)c(OCC)c1)N1CCC(N2CCOCC2)C1.I. The van der Waals surface area contributed by atoms with Crippen molar-refractivity contribution in [3.63, 3.8) is 0 Å². The zero-order valence-corrected chi connectivity index (χ0v) is 21.6. The van der Waals surface area contributed by atoms with Gasteiger partial charge in [0.2, 0.25) is 0 Å². The molecule has 2 aliphatic heterocycles. The molecule has 0 spiro atoms. The summed E-state index contributed by atoms with van der Waals surface area (Å²) in [5.41, 5.74) is 1.22. The molecule has 1 aromatic rings. The summed E-state index contributed by atoms with van der Waals surface area (Å²) in [6, 6.07) is 6.81. The Bertz CT molecular complexity index is 683. The van der Waals surface area contributed by atoms with Gasteiger partial charge < -0.3 is 24.4 Å². The Morgan fingerprint density at radius 1 is 1.10 bits per heavy atom. The van der Waals surface area contributed by atoms with Crippen LogP contribution in [0.3, 0.4) is 0 Å². The summed E-state index contributed by atoms with van der Waals surface area (Å²) in [6.45, 7) is 14.9. The van der Waals surface area contributed by atoms with Crippen molar-refractivity contribution < 1.29 is 14.2 Å². The second-order valence-electron chi connectivity index (χ2n) is 7.67. The third-order valence-electron chi connectivity index (χ3n) is 5.63. The third-order valence-corrected chi connectivity index (χ3v) is 5.63. The average molecular weight is 546 g/mol. The standard InChI is InChI=1S/C23H38N4O3.HI/c1-4-24-23(27-12-10-20(18-27)26-13-15-28-16-14-26)25-11-9-19-7-8-21(29-5-2)22(17-19)30-6-3;/h7-8,17,20H,4-6,9-16,18H2,1-3H3,(H,24,25);1H. The topological polar surface area (TPSA) is 58.6 Å². The molecule has 0 bridgehead atoms.